The van der Waals surface area contributed by atoms with Crippen molar-refractivity contribution < 1.29 is 8.42 Å². The van der Waals surface area contributed by atoms with Gasteiger partial charge in [0.25, 0.3) is 10.0 Å². The van der Waals surface area contributed by atoms with Gasteiger partial charge < -0.3 is 0 Å². The fourth-order valence-electron chi connectivity index (χ4n) is 2.40. The number of para-hydroxylation sites is 1. The van der Waals surface area contributed by atoms with Crippen LogP contribution in [0.1, 0.15) is 23.3 Å². The lowest BCUT2D eigenvalue weighted by atomic mass is 10.1. The van der Waals surface area contributed by atoms with E-state index in [1.54, 1.807) is 24.0 Å². The van der Waals surface area contributed by atoms with Gasteiger partial charge in [0.05, 0.1) is 10.9 Å². The molecule has 5 nitrogen and oxygen atoms in total. The van der Waals surface area contributed by atoms with Crippen LogP contribution >= 0.6 is 12.6 Å². The van der Waals surface area contributed by atoms with Crippen LogP contribution < -0.4 is 4.31 Å². The molecule has 20 heavy (non-hydrogen) atoms. The maximum absolute atomic E-state index is 12.7. The van der Waals surface area contributed by atoms with Gasteiger partial charge in [-0.25, -0.2) is 0 Å². The Bertz CT molecular complexity index is 768. The van der Waals surface area contributed by atoms with E-state index in [1.165, 1.54) is 4.31 Å². The first-order chi connectivity index (χ1) is 9.46. The Hall–Kier alpha value is -1.47. The summed E-state index contributed by atoms with van der Waals surface area (Å²) in [4.78, 5) is 0. The number of sulfonamides is 1. The van der Waals surface area contributed by atoms with Crippen LogP contribution in [0.3, 0.4) is 0 Å². The van der Waals surface area contributed by atoms with Gasteiger partial charge in [0.1, 0.15) is 0 Å². The summed E-state index contributed by atoms with van der Waals surface area (Å²) in [5, 5.41) is 4.00. The summed E-state index contributed by atoms with van der Waals surface area (Å²) in [6.45, 7) is 2.54. The van der Waals surface area contributed by atoms with E-state index in [0.29, 0.717) is 17.8 Å². The lowest BCUT2D eigenvalue weighted by Crippen LogP contribution is -2.27. The fourth-order valence-corrected chi connectivity index (χ4v) is 4.26. The van der Waals surface area contributed by atoms with Gasteiger partial charge in [-0.05, 0) is 18.6 Å². The van der Waals surface area contributed by atoms with Crippen molar-refractivity contribution >= 4 is 28.3 Å². The van der Waals surface area contributed by atoms with Gasteiger partial charge >= 0.3 is 0 Å². The minimum absolute atomic E-state index is 0.0954. The standard InChI is InChI=1S/C13H15N3O2S2/c1-3-16-8-10-12(19)9-6-4-5-7-11(9)15(2)20(17,18)13(10)14-16/h4-8,12,19H,3H2,1-2H3. The van der Waals surface area contributed by atoms with Crippen molar-refractivity contribution in [3.05, 3.63) is 41.6 Å². The molecule has 2 heterocycles. The first-order valence-electron chi connectivity index (χ1n) is 6.30. The van der Waals surface area contributed by atoms with Gasteiger partial charge in [-0.2, -0.15) is 26.1 Å². The van der Waals surface area contributed by atoms with E-state index in [9.17, 15) is 8.42 Å². The number of rotatable bonds is 1. The molecule has 1 aliphatic rings. The quantitative estimate of drug-likeness (QED) is 0.820. The average Bonchev–Trinajstić information content (AvgIpc) is 2.88. The number of fused-ring (bicyclic) bond motifs is 2. The third-order valence-corrected chi connectivity index (χ3v) is 5.83. The van der Waals surface area contributed by atoms with E-state index in [2.05, 4.69) is 17.7 Å². The van der Waals surface area contributed by atoms with Crippen molar-refractivity contribution in [3.8, 4) is 0 Å². The molecule has 0 aliphatic carbocycles. The third kappa shape index (κ3) is 1.76. The van der Waals surface area contributed by atoms with Crippen molar-refractivity contribution in [1.29, 1.82) is 0 Å². The summed E-state index contributed by atoms with van der Waals surface area (Å²) >= 11 is 4.61. The smallest absolute Gasteiger partial charge is 0.271 e. The van der Waals surface area contributed by atoms with E-state index in [0.717, 1.165) is 5.56 Å². The monoisotopic (exact) mass is 309 g/mol. The van der Waals surface area contributed by atoms with Gasteiger partial charge in [0, 0.05) is 25.4 Å². The van der Waals surface area contributed by atoms with Gasteiger partial charge in [-0.15, -0.1) is 0 Å². The minimum atomic E-state index is -3.64. The topological polar surface area (TPSA) is 55.2 Å². The highest BCUT2D eigenvalue weighted by atomic mass is 32.2. The predicted molar refractivity (Wildman–Crippen MR) is 80.8 cm³/mol. The Labute approximate surface area is 123 Å². The number of anilines is 1. The van der Waals surface area contributed by atoms with E-state index in [4.69, 9.17) is 0 Å². The molecule has 0 radical (unpaired) electrons. The molecule has 106 valence electrons. The molecule has 1 atom stereocenters. The zero-order valence-corrected chi connectivity index (χ0v) is 12.9. The molecule has 1 aromatic heterocycles. The average molecular weight is 309 g/mol. The first-order valence-corrected chi connectivity index (χ1v) is 8.25. The van der Waals surface area contributed by atoms with Crippen molar-refractivity contribution in [2.24, 2.45) is 0 Å². The second-order valence-corrected chi connectivity index (χ2v) is 7.08. The third-order valence-electron chi connectivity index (χ3n) is 3.55. The molecule has 1 unspecified atom stereocenters. The maximum atomic E-state index is 12.7. The fraction of sp³-hybridized carbons (Fsp3) is 0.308. The van der Waals surface area contributed by atoms with Crippen LogP contribution in [0.2, 0.25) is 0 Å². The maximum Gasteiger partial charge on any atom is 0.283 e. The molecule has 0 amide bonds. The Morgan fingerprint density at radius 3 is 2.70 bits per heavy atom. The molecule has 0 bridgehead atoms. The summed E-state index contributed by atoms with van der Waals surface area (Å²) in [6, 6.07) is 7.39. The number of nitrogens with zero attached hydrogens (tertiary/aromatic N) is 3. The molecule has 0 fully saturated rings. The van der Waals surface area contributed by atoms with E-state index < -0.39 is 10.0 Å². The van der Waals surface area contributed by atoms with Crippen molar-refractivity contribution in [2.75, 3.05) is 11.4 Å². The number of aromatic nitrogens is 2. The SMILES string of the molecule is CCn1cc2c(n1)S(=O)(=O)N(C)c1ccccc1C2S. The Morgan fingerprint density at radius 1 is 1.30 bits per heavy atom. The van der Waals surface area contributed by atoms with E-state index in [1.807, 2.05) is 25.1 Å². The minimum Gasteiger partial charge on any atom is -0.271 e. The lowest BCUT2D eigenvalue weighted by Gasteiger charge is -2.19. The highest BCUT2D eigenvalue weighted by Crippen LogP contribution is 2.42. The van der Waals surface area contributed by atoms with Crippen LogP contribution in [0, 0.1) is 0 Å². The van der Waals surface area contributed by atoms with Gasteiger partial charge in [0.15, 0.2) is 0 Å². The second kappa shape index (κ2) is 4.53. The summed E-state index contributed by atoms with van der Waals surface area (Å²) in [5.41, 5.74) is 2.15. The summed E-state index contributed by atoms with van der Waals surface area (Å²) in [5.74, 6) is 0. The number of hydrogen-bond acceptors (Lipinski definition) is 4. The van der Waals surface area contributed by atoms with Crippen LogP contribution in [-0.4, -0.2) is 25.2 Å². The van der Waals surface area contributed by atoms with Crippen molar-refractivity contribution in [3.63, 3.8) is 0 Å². The first kappa shape index (κ1) is 13.5. The van der Waals surface area contributed by atoms with E-state index >= 15 is 0 Å². The molecular weight excluding hydrogens is 294 g/mol. The molecule has 0 spiro atoms. The molecule has 1 aliphatic heterocycles. The normalized spacial score (nSPS) is 20.1. The zero-order chi connectivity index (χ0) is 14.5. The van der Waals surface area contributed by atoms with Gasteiger partial charge in [-0.3, -0.25) is 8.99 Å². The van der Waals surface area contributed by atoms with Crippen LogP contribution in [0.15, 0.2) is 35.5 Å². The zero-order valence-electron chi connectivity index (χ0n) is 11.2. The van der Waals surface area contributed by atoms with Crippen molar-refractivity contribution in [1.82, 2.24) is 9.78 Å². The summed E-state index contributed by atoms with van der Waals surface area (Å²) < 4.78 is 28.3. The van der Waals surface area contributed by atoms with Crippen LogP contribution in [-0.2, 0) is 16.6 Å². The summed E-state index contributed by atoms with van der Waals surface area (Å²) in [7, 11) is -2.09. The molecule has 1 aromatic carbocycles. The number of thiol groups is 1. The van der Waals surface area contributed by atoms with Crippen LogP contribution in [0.25, 0.3) is 0 Å². The van der Waals surface area contributed by atoms with E-state index in [-0.39, 0.29) is 10.3 Å². The largest absolute Gasteiger partial charge is 0.283 e. The Balaban J connectivity index is 2.35. The number of aryl methyl sites for hydroxylation is 1. The highest BCUT2D eigenvalue weighted by Gasteiger charge is 2.36. The van der Waals surface area contributed by atoms with Crippen LogP contribution in [0.5, 0.6) is 0 Å². The molecule has 3 rings (SSSR count). The highest BCUT2D eigenvalue weighted by molar-refractivity contribution is 7.92. The Kier molecular flexibility index (Phi) is 3.06. The molecule has 2 aromatic rings. The summed E-state index contributed by atoms with van der Waals surface area (Å²) in [6.07, 6.45) is 1.76. The predicted octanol–water partition coefficient (Wildman–Crippen LogP) is 2.06. The van der Waals surface area contributed by atoms with Crippen molar-refractivity contribution in [2.45, 2.75) is 23.7 Å². The number of hydrogen-bond donors (Lipinski definition) is 1. The lowest BCUT2D eigenvalue weighted by molar-refractivity contribution is 0.580. The van der Waals surface area contributed by atoms with Gasteiger partial charge in [0.2, 0.25) is 5.03 Å². The molecule has 0 N–H and O–H groups in total. The second-order valence-electron chi connectivity index (χ2n) is 4.68. The molecule has 0 saturated heterocycles. The molecular formula is C13H15N3O2S2. The molecule has 0 saturated carbocycles. The number of benzene rings is 1. The Morgan fingerprint density at radius 2 is 2.00 bits per heavy atom. The molecule has 7 heteroatoms. The van der Waals surface area contributed by atoms with Gasteiger partial charge in [-0.1, -0.05) is 18.2 Å². The van der Waals surface area contributed by atoms with Crippen LogP contribution in [0.4, 0.5) is 5.69 Å².